The van der Waals surface area contributed by atoms with Crippen molar-refractivity contribution in [2.75, 3.05) is 45.2 Å². The van der Waals surface area contributed by atoms with Crippen molar-refractivity contribution in [2.24, 2.45) is 0 Å². The van der Waals surface area contributed by atoms with Gasteiger partial charge in [-0.3, -0.25) is 14.6 Å². The van der Waals surface area contributed by atoms with Crippen LogP contribution in [0.4, 0.5) is 5.00 Å². The fourth-order valence-corrected chi connectivity index (χ4v) is 5.77. The lowest BCUT2D eigenvalue weighted by atomic mass is 9.95. The van der Waals surface area contributed by atoms with Gasteiger partial charge in [0.25, 0.3) is 0 Å². The van der Waals surface area contributed by atoms with Crippen molar-refractivity contribution in [3.05, 3.63) is 51.4 Å². The first-order chi connectivity index (χ1) is 15.0. The van der Waals surface area contributed by atoms with Crippen molar-refractivity contribution >= 4 is 28.2 Å². The lowest BCUT2D eigenvalue weighted by molar-refractivity contribution is -0.117. The second kappa shape index (κ2) is 9.94. The van der Waals surface area contributed by atoms with Crippen LogP contribution in [0.2, 0.25) is 0 Å². The summed E-state index contributed by atoms with van der Waals surface area (Å²) < 4.78 is 5.00. The zero-order chi connectivity index (χ0) is 21.8. The summed E-state index contributed by atoms with van der Waals surface area (Å²) in [5.74, 6) is -0.407. The number of fused-ring (bicyclic) bond motifs is 1. The molecule has 0 spiro atoms. The van der Waals surface area contributed by atoms with E-state index in [1.165, 1.54) is 34.5 Å². The number of aryl methyl sites for hydroxylation is 2. The molecule has 2 aromatic rings. The summed E-state index contributed by atoms with van der Waals surface area (Å²) in [4.78, 5) is 31.0. The van der Waals surface area contributed by atoms with Crippen LogP contribution in [-0.2, 0) is 28.9 Å². The number of carbonyl (C=O) groups excluding carboxylic acids is 2. The normalized spacial score (nSPS) is 17.2. The second-order valence-electron chi connectivity index (χ2n) is 8.43. The number of hydrogen-bond donors (Lipinski definition) is 1. The number of carbonyl (C=O) groups is 2. The van der Waals surface area contributed by atoms with E-state index < -0.39 is 0 Å². The third-order valence-corrected chi connectivity index (χ3v) is 7.51. The van der Waals surface area contributed by atoms with E-state index >= 15 is 0 Å². The SMILES string of the molecule is COC(=O)c1c(NC(=O)CN2CCN(Cc3ccccc3C)CC2)sc2c1CCCC2. The Kier molecular flexibility index (Phi) is 7.05. The number of hydrogen-bond acceptors (Lipinski definition) is 6. The van der Waals surface area contributed by atoms with Crippen LogP contribution in [0.5, 0.6) is 0 Å². The van der Waals surface area contributed by atoms with Crippen molar-refractivity contribution in [1.29, 1.82) is 0 Å². The highest BCUT2D eigenvalue weighted by Gasteiger charge is 2.27. The summed E-state index contributed by atoms with van der Waals surface area (Å²) in [5.41, 5.74) is 4.33. The number of piperazine rings is 1. The third-order valence-electron chi connectivity index (χ3n) is 6.30. The Morgan fingerprint density at radius 2 is 1.77 bits per heavy atom. The summed E-state index contributed by atoms with van der Waals surface area (Å²) in [6.07, 6.45) is 4.07. The molecule has 1 fully saturated rings. The number of esters is 1. The molecular weight excluding hydrogens is 410 g/mol. The molecule has 1 aromatic carbocycles. The molecule has 1 aromatic heterocycles. The largest absolute Gasteiger partial charge is 0.465 e. The van der Waals surface area contributed by atoms with Gasteiger partial charge in [-0.25, -0.2) is 4.79 Å². The van der Waals surface area contributed by atoms with Crippen LogP contribution in [-0.4, -0.2) is 61.5 Å². The molecule has 166 valence electrons. The van der Waals surface area contributed by atoms with Crippen molar-refractivity contribution in [2.45, 2.75) is 39.2 Å². The van der Waals surface area contributed by atoms with Crippen LogP contribution in [0.3, 0.4) is 0 Å². The Morgan fingerprint density at radius 3 is 2.52 bits per heavy atom. The average Bonchev–Trinajstić information content (AvgIpc) is 3.13. The summed E-state index contributed by atoms with van der Waals surface area (Å²) in [6, 6.07) is 8.51. The first-order valence-corrected chi connectivity index (χ1v) is 11.9. The molecule has 0 unspecified atom stereocenters. The van der Waals surface area contributed by atoms with E-state index in [1.54, 1.807) is 0 Å². The number of benzene rings is 1. The number of methoxy groups -OCH3 is 1. The van der Waals surface area contributed by atoms with Crippen LogP contribution in [0.15, 0.2) is 24.3 Å². The van der Waals surface area contributed by atoms with Crippen LogP contribution in [0.1, 0.15) is 44.8 Å². The summed E-state index contributed by atoms with van der Waals surface area (Å²) in [5, 5.41) is 3.67. The molecule has 0 radical (unpaired) electrons. The van der Waals surface area contributed by atoms with Gasteiger partial charge in [0.05, 0.1) is 19.2 Å². The van der Waals surface area contributed by atoms with E-state index in [4.69, 9.17) is 4.74 Å². The Hall–Kier alpha value is -2.22. The van der Waals surface area contributed by atoms with Crippen LogP contribution >= 0.6 is 11.3 Å². The van der Waals surface area contributed by atoms with Gasteiger partial charge in [-0.1, -0.05) is 24.3 Å². The molecule has 0 saturated carbocycles. The molecule has 1 aliphatic carbocycles. The predicted octanol–water partition coefficient (Wildman–Crippen LogP) is 3.48. The van der Waals surface area contributed by atoms with E-state index in [0.717, 1.165) is 64.0 Å². The van der Waals surface area contributed by atoms with Crippen LogP contribution in [0.25, 0.3) is 0 Å². The lowest BCUT2D eigenvalue weighted by Crippen LogP contribution is -2.48. The van der Waals surface area contributed by atoms with E-state index in [0.29, 0.717) is 17.1 Å². The zero-order valence-corrected chi connectivity index (χ0v) is 19.2. The van der Waals surface area contributed by atoms with Gasteiger partial charge in [-0.2, -0.15) is 0 Å². The zero-order valence-electron chi connectivity index (χ0n) is 18.4. The van der Waals surface area contributed by atoms with Gasteiger partial charge in [0.2, 0.25) is 5.91 Å². The number of nitrogens with zero attached hydrogens (tertiary/aromatic N) is 2. The number of nitrogens with one attached hydrogen (secondary N) is 1. The van der Waals surface area contributed by atoms with E-state index in [2.05, 4.69) is 46.3 Å². The Balaban J connectivity index is 1.32. The molecule has 1 aliphatic heterocycles. The van der Waals surface area contributed by atoms with Crippen LogP contribution < -0.4 is 5.32 Å². The molecule has 1 N–H and O–H groups in total. The highest BCUT2D eigenvalue weighted by molar-refractivity contribution is 7.17. The molecule has 2 aliphatic rings. The van der Waals surface area contributed by atoms with Gasteiger partial charge in [-0.05, 0) is 49.3 Å². The maximum atomic E-state index is 12.8. The fourth-order valence-electron chi connectivity index (χ4n) is 4.48. The fraction of sp³-hybridized carbons (Fsp3) is 0.500. The van der Waals surface area contributed by atoms with Crippen molar-refractivity contribution in [3.8, 4) is 0 Å². The van der Waals surface area contributed by atoms with Crippen molar-refractivity contribution in [3.63, 3.8) is 0 Å². The molecule has 2 heterocycles. The molecule has 0 atom stereocenters. The minimum Gasteiger partial charge on any atom is -0.465 e. The minimum absolute atomic E-state index is 0.0592. The van der Waals surface area contributed by atoms with Gasteiger partial charge >= 0.3 is 5.97 Å². The number of anilines is 1. The van der Waals surface area contributed by atoms with E-state index in [9.17, 15) is 9.59 Å². The summed E-state index contributed by atoms with van der Waals surface area (Å²) in [6.45, 7) is 7.08. The number of thiophene rings is 1. The molecule has 6 nitrogen and oxygen atoms in total. The molecular formula is C24H31N3O3S. The average molecular weight is 442 g/mol. The molecule has 1 saturated heterocycles. The summed E-state index contributed by atoms with van der Waals surface area (Å²) >= 11 is 1.54. The Labute approximate surface area is 188 Å². The maximum absolute atomic E-state index is 12.8. The van der Waals surface area contributed by atoms with Gasteiger partial charge in [-0.15, -0.1) is 11.3 Å². The van der Waals surface area contributed by atoms with Gasteiger partial charge in [0.15, 0.2) is 0 Å². The quantitative estimate of drug-likeness (QED) is 0.696. The molecule has 0 bridgehead atoms. The first-order valence-electron chi connectivity index (χ1n) is 11.1. The topological polar surface area (TPSA) is 61.9 Å². The van der Waals surface area contributed by atoms with Gasteiger partial charge in [0, 0.05) is 37.6 Å². The number of ether oxygens (including phenoxy) is 1. The molecule has 4 rings (SSSR count). The lowest BCUT2D eigenvalue weighted by Gasteiger charge is -2.34. The van der Waals surface area contributed by atoms with E-state index in [1.807, 2.05) is 0 Å². The minimum atomic E-state index is -0.348. The second-order valence-corrected chi connectivity index (χ2v) is 9.54. The predicted molar refractivity (Wildman–Crippen MR) is 124 cm³/mol. The van der Waals surface area contributed by atoms with Gasteiger partial charge < -0.3 is 10.1 Å². The number of rotatable bonds is 6. The van der Waals surface area contributed by atoms with Crippen LogP contribution in [0, 0.1) is 6.92 Å². The van der Waals surface area contributed by atoms with E-state index in [-0.39, 0.29) is 11.9 Å². The summed E-state index contributed by atoms with van der Waals surface area (Å²) in [7, 11) is 1.40. The molecule has 7 heteroatoms. The van der Waals surface area contributed by atoms with Crippen molar-refractivity contribution < 1.29 is 14.3 Å². The molecule has 31 heavy (non-hydrogen) atoms. The third kappa shape index (κ3) is 5.17. The standard InChI is InChI=1S/C24H31N3O3S/c1-17-7-3-4-8-18(17)15-26-11-13-27(14-12-26)16-21(28)25-23-22(24(29)30-2)19-9-5-6-10-20(19)31-23/h3-4,7-8H,5-6,9-16H2,1-2H3,(H,25,28). The monoisotopic (exact) mass is 441 g/mol. The van der Waals surface area contributed by atoms with Crippen molar-refractivity contribution in [1.82, 2.24) is 9.80 Å². The molecule has 1 amide bonds. The Bertz CT molecular complexity index is 948. The highest BCUT2D eigenvalue weighted by atomic mass is 32.1. The highest BCUT2D eigenvalue weighted by Crippen LogP contribution is 2.38. The maximum Gasteiger partial charge on any atom is 0.341 e. The Morgan fingerprint density at radius 1 is 1.06 bits per heavy atom. The van der Waals surface area contributed by atoms with Gasteiger partial charge in [0.1, 0.15) is 5.00 Å². The first kappa shape index (κ1) is 22.0. The number of amides is 1. The smallest absolute Gasteiger partial charge is 0.341 e.